The number of rotatable bonds is 3. The Morgan fingerprint density at radius 1 is 1.15 bits per heavy atom. The van der Waals surface area contributed by atoms with Crippen LogP contribution < -0.4 is 9.64 Å². The van der Waals surface area contributed by atoms with E-state index in [4.69, 9.17) is 13.9 Å². The van der Waals surface area contributed by atoms with Crippen molar-refractivity contribution >= 4 is 17.5 Å². The van der Waals surface area contributed by atoms with E-state index in [1.54, 1.807) is 21.9 Å². The van der Waals surface area contributed by atoms with E-state index in [1.807, 2.05) is 25.1 Å². The molecule has 7 nitrogen and oxygen atoms in total. The smallest absolute Gasteiger partial charge is 0.289 e. The van der Waals surface area contributed by atoms with Gasteiger partial charge in [0.15, 0.2) is 12.4 Å². The number of benzene rings is 1. The summed E-state index contributed by atoms with van der Waals surface area (Å²) in [5.41, 5.74) is 1.76. The molecule has 136 valence electrons. The van der Waals surface area contributed by atoms with Gasteiger partial charge >= 0.3 is 0 Å². The molecule has 7 heteroatoms. The van der Waals surface area contributed by atoms with Crippen LogP contribution in [-0.4, -0.2) is 49.6 Å². The van der Waals surface area contributed by atoms with Crippen molar-refractivity contribution in [3.63, 3.8) is 0 Å². The third kappa shape index (κ3) is 3.17. The van der Waals surface area contributed by atoms with Crippen LogP contribution in [0.25, 0.3) is 0 Å². The van der Waals surface area contributed by atoms with Gasteiger partial charge < -0.3 is 18.8 Å². The Morgan fingerprint density at radius 2 is 1.96 bits per heavy atom. The van der Waals surface area contributed by atoms with Crippen LogP contribution in [0.5, 0.6) is 5.75 Å². The third-order valence-corrected chi connectivity index (χ3v) is 4.54. The molecule has 4 rings (SSSR count). The number of carbonyl (C=O) groups excluding carboxylic acids is 2. The molecule has 2 aromatic rings. The van der Waals surface area contributed by atoms with Crippen molar-refractivity contribution in [1.82, 2.24) is 4.90 Å². The van der Waals surface area contributed by atoms with Gasteiger partial charge in [-0.05, 0) is 36.8 Å². The first-order chi connectivity index (χ1) is 12.6. The van der Waals surface area contributed by atoms with Gasteiger partial charge in [-0.15, -0.1) is 0 Å². The number of furan rings is 1. The molecule has 2 aliphatic rings. The molecule has 26 heavy (non-hydrogen) atoms. The standard InChI is InChI=1S/C19H20N2O5/c1-13-2-4-16-15(10-13)21(18(22)12-25-16)11-14-3-5-17(26-14)19(23)20-6-8-24-9-7-20/h2-5,10H,6-9,11-12H2,1H3. The first-order valence-corrected chi connectivity index (χ1v) is 8.61. The lowest BCUT2D eigenvalue weighted by Crippen LogP contribution is -2.40. The molecule has 0 atom stereocenters. The molecule has 2 aliphatic heterocycles. The Labute approximate surface area is 151 Å². The van der Waals surface area contributed by atoms with Crippen molar-refractivity contribution in [3.05, 3.63) is 47.4 Å². The maximum Gasteiger partial charge on any atom is 0.289 e. The summed E-state index contributed by atoms with van der Waals surface area (Å²) < 4.78 is 16.5. The second kappa shape index (κ2) is 6.84. The molecule has 1 aromatic heterocycles. The van der Waals surface area contributed by atoms with Crippen molar-refractivity contribution in [2.24, 2.45) is 0 Å². The summed E-state index contributed by atoms with van der Waals surface area (Å²) in [4.78, 5) is 28.2. The van der Waals surface area contributed by atoms with Gasteiger partial charge in [-0.2, -0.15) is 0 Å². The summed E-state index contributed by atoms with van der Waals surface area (Å²) in [5, 5.41) is 0. The molecule has 0 unspecified atom stereocenters. The van der Waals surface area contributed by atoms with Gasteiger partial charge in [0.1, 0.15) is 11.5 Å². The van der Waals surface area contributed by atoms with Gasteiger partial charge in [0.05, 0.1) is 25.4 Å². The molecule has 0 N–H and O–H groups in total. The zero-order chi connectivity index (χ0) is 18.1. The fourth-order valence-electron chi connectivity index (χ4n) is 3.14. The molecule has 0 spiro atoms. The fourth-order valence-corrected chi connectivity index (χ4v) is 3.14. The fraction of sp³-hybridized carbons (Fsp3) is 0.368. The Kier molecular flexibility index (Phi) is 4.38. The van der Waals surface area contributed by atoms with E-state index in [0.29, 0.717) is 37.8 Å². The zero-order valence-corrected chi connectivity index (χ0v) is 14.6. The van der Waals surface area contributed by atoms with E-state index in [9.17, 15) is 9.59 Å². The van der Waals surface area contributed by atoms with E-state index in [1.165, 1.54) is 0 Å². The molecule has 2 amide bonds. The predicted octanol–water partition coefficient (Wildman–Crippen LogP) is 1.99. The lowest BCUT2D eigenvalue weighted by molar-refractivity contribution is -0.121. The largest absolute Gasteiger partial charge is 0.482 e. The van der Waals surface area contributed by atoms with Crippen molar-refractivity contribution in [3.8, 4) is 5.75 Å². The molecule has 0 radical (unpaired) electrons. The van der Waals surface area contributed by atoms with E-state index in [-0.39, 0.29) is 30.7 Å². The average Bonchev–Trinajstić information content (AvgIpc) is 3.13. The van der Waals surface area contributed by atoms with Crippen LogP contribution >= 0.6 is 0 Å². The monoisotopic (exact) mass is 356 g/mol. The molecular formula is C19H20N2O5. The first-order valence-electron chi connectivity index (χ1n) is 8.61. The number of hydrogen-bond donors (Lipinski definition) is 0. The van der Waals surface area contributed by atoms with Gasteiger partial charge in [-0.3, -0.25) is 14.5 Å². The van der Waals surface area contributed by atoms with Crippen molar-refractivity contribution in [2.75, 3.05) is 37.8 Å². The Hall–Kier alpha value is -2.80. The first kappa shape index (κ1) is 16.7. The van der Waals surface area contributed by atoms with E-state index >= 15 is 0 Å². The lowest BCUT2D eigenvalue weighted by Gasteiger charge is -2.29. The van der Waals surface area contributed by atoms with Gasteiger partial charge in [-0.25, -0.2) is 0 Å². The molecule has 0 aliphatic carbocycles. The molecule has 3 heterocycles. The molecular weight excluding hydrogens is 336 g/mol. The minimum absolute atomic E-state index is 0.00364. The predicted molar refractivity (Wildman–Crippen MR) is 93.3 cm³/mol. The molecule has 0 bridgehead atoms. The number of ether oxygens (including phenoxy) is 2. The number of aryl methyl sites for hydroxylation is 1. The maximum atomic E-state index is 12.5. The van der Waals surface area contributed by atoms with Gasteiger partial charge in [0.25, 0.3) is 11.8 Å². The zero-order valence-electron chi connectivity index (χ0n) is 14.6. The SMILES string of the molecule is Cc1ccc2c(c1)N(Cc1ccc(C(=O)N3CCOCC3)o1)C(=O)CO2. The van der Waals surface area contributed by atoms with Crippen molar-refractivity contribution in [2.45, 2.75) is 13.5 Å². The molecule has 1 fully saturated rings. The van der Waals surface area contributed by atoms with Crippen molar-refractivity contribution in [1.29, 1.82) is 0 Å². The van der Waals surface area contributed by atoms with Crippen LogP contribution in [0, 0.1) is 6.92 Å². The highest BCUT2D eigenvalue weighted by atomic mass is 16.5. The van der Waals surface area contributed by atoms with E-state index < -0.39 is 0 Å². The summed E-state index contributed by atoms with van der Waals surface area (Å²) in [6.07, 6.45) is 0. The van der Waals surface area contributed by atoms with Crippen LogP contribution in [0.1, 0.15) is 21.9 Å². The number of carbonyl (C=O) groups is 2. The number of morpholine rings is 1. The summed E-state index contributed by atoms with van der Waals surface area (Å²) in [5.74, 6) is 1.23. The normalized spacial score (nSPS) is 17.0. The van der Waals surface area contributed by atoms with E-state index in [2.05, 4.69) is 0 Å². The number of amides is 2. The van der Waals surface area contributed by atoms with Crippen LogP contribution in [0.3, 0.4) is 0 Å². The Bertz CT molecular complexity index is 838. The Morgan fingerprint density at radius 3 is 2.77 bits per heavy atom. The summed E-state index contributed by atoms with van der Waals surface area (Å²) in [6, 6.07) is 9.12. The van der Waals surface area contributed by atoms with Crippen LogP contribution in [-0.2, 0) is 16.1 Å². The van der Waals surface area contributed by atoms with Gasteiger partial charge in [-0.1, -0.05) is 6.07 Å². The maximum absolute atomic E-state index is 12.5. The average molecular weight is 356 g/mol. The minimum Gasteiger partial charge on any atom is -0.482 e. The quantitative estimate of drug-likeness (QED) is 0.841. The number of fused-ring (bicyclic) bond motifs is 1. The van der Waals surface area contributed by atoms with Gasteiger partial charge in [0, 0.05) is 13.1 Å². The Balaban J connectivity index is 1.53. The molecule has 1 aromatic carbocycles. The van der Waals surface area contributed by atoms with Crippen LogP contribution in [0.2, 0.25) is 0 Å². The van der Waals surface area contributed by atoms with Gasteiger partial charge in [0.2, 0.25) is 0 Å². The highest BCUT2D eigenvalue weighted by Crippen LogP contribution is 2.34. The number of nitrogens with zero attached hydrogens (tertiary/aromatic N) is 2. The molecule has 0 saturated carbocycles. The summed E-state index contributed by atoms with van der Waals surface area (Å²) in [6.45, 7) is 4.41. The number of hydrogen-bond acceptors (Lipinski definition) is 5. The van der Waals surface area contributed by atoms with Crippen LogP contribution in [0.15, 0.2) is 34.7 Å². The highest BCUT2D eigenvalue weighted by Gasteiger charge is 2.27. The third-order valence-electron chi connectivity index (χ3n) is 4.54. The second-order valence-electron chi connectivity index (χ2n) is 6.41. The highest BCUT2D eigenvalue weighted by molar-refractivity contribution is 5.97. The number of anilines is 1. The summed E-state index contributed by atoms with van der Waals surface area (Å²) >= 11 is 0. The topological polar surface area (TPSA) is 72.2 Å². The minimum atomic E-state index is -0.149. The molecule has 1 saturated heterocycles. The second-order valence-corrected chi connectivity index (χ2v) is 6.41. The van der Waals surface area contributed by atoms with Crippen LogP contribution in [0.4, 0.5) is 5.69 Å². The van der Waals surface area contributed by atoms with E-state index in [0.717, 1.165) is 11.3 Å². The summed E-state index contributed by atoms with van der Waals surface area (Å²) in [7, 11) is 0. The lowest BCUT2D eigenvalue weighted by atomic mass is 10.1. The van der Waals surface area contributed by atoms with Crippen molar-refractivity contribution < 1.29 is 23.5 Å².